The highest BCUT2D eigenvalue weighted by molar-refractivity contribution is 7.99. The van der Waals surface area contributed by atoms with E-state index in [0.29, 0.717) is 34.0 Å². The Bertz CT molecular complexity index is 1080. The summed E-state index contributed by atoms with van der Waals surface area (Å²) in [5.74, 6) is 4.00. The number of ether oxygens (including phenoxy) is 4. The molecular weight excluding hydrogens is 392 g/mol. The monoisotopic (exact) mass is 412 g/mol. The van der Waals surface area contributed by atoms with E-state index in [1.54, 1.807) is 44.9 Å². The number of methoxy groups -OCH3 is 4. The molecule has 0 atom stereocenters. The molecule has 0 saturated heterocycles. The van der Waals surface area contributed by atoms with E-state index in [9.17, 15) is 0 Å². The van der Waals surface area contributed by atoms with Gasteiger partial charge in [-0.25, -0.2) is 0 Å². The molecule has 8 nitrogen and oxygen atoms in total. The van der Waals surface area contributed by atoms with Crippen molar-refractivity contribution in [3.8, 4) is 34.4 Å². The average molecular weight is 412 g/mol. The Labute approximate surface area is 172 Å². The first-order valence-electron chi connectivity index (χ1n) is 8.79. The minimum absolute atomic E-state index is 0.594. The van der Waals surface area contributed by atoms with Crippen molar-refractivity contribution in [1.82, 2.24) is 14.9 Å². The summed E-state index contributed by atoms with van der Waals surface area (Å²) in [6, 6.07) is 11.2. The Kier molecular flexibility index (Phi) is 5.30. The number of fused-ring (bicyclic) bond motifs is 1. The summed E-state index contributed by atoms with van der Waals surface area (Å²) < 4.78 is 23.4. The molecule has 3 aromatic rings. The number of hydrogen-bond donors (Lipinski definition) is 0. The van der Waals surface area contributed by atoms with Crippen LogP contribution in [0.5, 0.6) is 23.0 Å². The molecule has 4 rings (SSSR count). The van der Waals surface area contributed by atoms with E-state index in [-0.39, 0.29) is 0 Å². The largest absolute Gasteiger partial charge is 0.497 e. The molecule has 0 bridgehead atoms. The first kappa shape index (κ1) is 19.1. The zero-order valence-corrected chi connectivity index (χ0v) is 17.3. The topological polar surface area (TPSA) is 80.0 Å². The van der Waals surface area contributed by atoms with Crippen LogP contribution < -0.4 is 18.9 Å². The van der Waals surface area contributed by atoms with Gasteiger partial charge in [0.2, 0.25) is 5.16 Å². The van der Waals surface area contributed by atoms with Crippen molar-refractivity contribution in [3.05, 3.63) is 42.0 Å². The number of thioether (sulfide) groups is 1. The van der Waals surface area contributed by atoms with Crippen molar-refractivity contribution in [2.24, 2.45) is 5.10 Å². The predicted octanol–water partition coefficient (Wildman–Crippen LogP) is 3.34. The minimum atomic E-state index is 0.594. The molecule has 1 aliphatic rings. The first-order valence-corrected chi connectivity index (χ1v) is 9.78. The van der Waals surface area contributed by atoms with Crippen molar-refractivity contribution in [2.75, 3.05) is 34.2 Å². The summed E-state index contributed by atoms with van der Waals surface area (Å²) in [6.45, 7) is 0. The van der Waals surface area contributed by atoms with Crippen molar-refractivity contribution in [2.45, 2.75) is 5.16 Å². The summed E-state index contributed by atoms with van der Waals surface area (Å²) in [5.41, 5.74) is 2.53. The van der Waals surface area contributed by atoms with Crippen LogP contribution in [-0.2, 0) is 0 Å². The van der Waals surface area contributed by atoms with Crippen LogP contribution in [0.4, 0.5) is 0 Å². The standard InChI is InChI=1S/C20H20N4O4S/c1-25-12-5-7-14(17(9-12)27-3)16-11-29-20-22-21-19(24(20)23-16)15-8-6-13(26-2)10-18(15)28-4/h5-10H,11H2,1-4H3. The number of hydrogen-bond acceptors (Lipinski definition) is 8. The van der Waals surface area contributed by atoms with Crippen LogP contribution in [0.1, 0.15) is 5.56 Å². The lowest BCUT2D eigenvalue weighted by Gasteiger charge is -2.17. The Hall–Kier alpha value is -3.20. The normalized spacial score (nSPS) is 12.8. The second-order valence-electron chi connectivity index (χ2n) is 6.09. The van der Waals surface area contributed by atoms with E-state index in [0.717, 1.165) is 22.6 Å². The Balaban J connectivity index is 1.80. The molecule has 2 aromatic carbocycles. The molecule has 1 aromatic heterocycles. The Morgan fingerprint density at radius 3 is 2.03 bits per heavy atom. The van der Waals surface area contributed by atoms with Crippen molar-refractivity contribution >= 4 is 17.5 Å². The van der Waals surface area contributed by atoms with Crippen LogP contribution >= 0.6 is 11.8 Å². The smallest absolute Gasteiger partial charge is 0.212 e. The third kappa shape index (κ3) is 3.49. The Morgan fingerprint density at radius 2 is 1.41 bits per heavy atom. The molecule has 0 N–H and O–H groups in total. The zero-order valence-electron chi connectivity index (χ0n) is 16.5. The Morgan fingerprint density at radius 1 is 0.793 bits per heavy atom. The van der Waals surface area contributed by atoms with E-state index < -0.39 is 0 Å². The molecule has 2 heterocycles. The summed E-state index contributed by atoms with van der Waals surface area (Å²) in [5, 5.41) is 14.2. The number of nitrogens with zero attached hydrogens (tertiary/aromatic N) is 4. The van der Waals surface area contributed by atoms with Crippen LogP contribution in [-0.4, -0.2) is 54.8 Å². The molecule has 0 amide bonds. The molecule has 0 unspecified atom stereocenters. The lowest BCUT2D eigenvalue weighted by atomic mass is 10.1. The number of aromatic nitrogens is 3. The first-order chi connectivity index (χ1) is 14.2. The van der Waals surface area contributed by atoms with Gasteiger partial charge >= 0.3 is 0 Å². The number of rotatable bonds is 6. The highest BCUT2D eigenvalue weighted by atomic mass is 32.2. The van der Waals surface area contributed by atoms with Crippen molar-refractivity contribution < 1.29 is 18.9 Å². The second-order valence-corrected chi connectivity index (χ2v) is 7.03. The van der Waals surface area contributed by atoms with Gasteiger partial charge in [0, 0.05) is 23.4 Å². The second kappa shape index (κ2) is 8.04. The van der Waals surface area contributed by atoms with Crippen LogP contribution in [0.15, 0.2) is 46.7 Å². The third-order valence-corrected chi connectivity index (χ3v) is 5.47. The van der Waals surface area contributed by atoms with Gasteiger partial charge in [0.1, 0.15) is 23.0 Å². The van der Waals surface area contributed by atoms with Crippen LogP contribution in [0.25, 0.3) is 11.4 Å². The molecular formula is C20H20N4O4S. The molecule has 0 spiro atoms. The quantitative estimate of drug-likeness (QED) is 0.614. The fraction of sp³-hybridized carbons (Fsp3) is 0.250. The minimum Gasteiger partial charge on any atom is -0.497 e. The lowest BCUT2D eigenvalue weighted by Crippen LogP contribution is -2.15. The highest BCUT2D eigenvalue weighted by Crippen LogP contribution is 2.36. The van der Waals surface area contributed by atoms with Gasteiger partial charge in [-0.15, -0.1) is 10.2 Å². The van der Waals surface area contributed by atoms with Gasteiger partial charge in [-0.05, 0) is 24.3 Å². The molecule has 0 radical (unpaired) electrons. The highest BCUT2D eigenvalue weighted by Gasteiger charge is 2.24. The van der Waals surface area contributed by atoms with Gasteiger partial charge in [0.15, 0.2) is 5.82 Å². The van der Waals surface area contributed by atoms with Gasteiger partial charge in [0.05, 0.1) is 39.7 Å². The van der Waals surface area contributed by atoms with Crippen molar-refractivity contribution in [1.29, 1.82) is 0 Å². The summed E-state index contributed by atoms with van der Waals surface area (Å²) in [7, 11) is 6.48. The molecule has 150 valence electrons. The van der Waals surface area contributed by atoms with Crippen LogP contribution in [0, 0.1) is 0 Å². The SMILES string of the molecule is COc1ccc(C2=Nn3c(nnc3-c3ccc(OC)cc3OC)SC2)c(OC)c1. The van der Waals surface area contributed by atoms with E-state index in [1.807, 2.05) is 36.4 Å². The van der Waals surface area contributed by atoms with E-state index in [2.05, 4.69) is 10.2 Å². The maximum atomic E-state index is 5.54. The molecule has 29 heavy (non-hydrogen) atoms. The molecule has 0 saturated carbocycles. The van der Waals surface area contributed by atoms with Gasteiger partial charge in [-0.2, -0.15) is 9.78 Å². The molecule has 0 fully saturated rings. The average Bonchev–Trinajstić information content (AvgIpc) is 3.21. The van der Waals surface area contributed by atoms with Gasteiger partial charge < -0.3 is 18.9 Å². The fourth-order valence-electron chi connectivity index (χ4n) is 3.05. The van der Waals surface area contributed by atoms with E-state index in [4.69, 9.17) is 24.0 Å². The van der Waals surface area contributed by atoms with Gasteiger partial charge in [-0.1, -0.05) is 11.8 Å². The summed E-state index contributed by atoms with van der Waals surface area (Å²) in [4.78, 5) is 0. The van der Waals surface area contributed by atoms with E-state index >= 15 is 0 Å². The van der Waals surface area contributed by atoms with Gasteiger partial charge in [0.25, 0.3) is 0 Å². The third-order valence-electron chi connectivity index (χ3n) is 4.54. The fourth-order valence-corrected chi connectivity index (χ4v) is 3.88. The summed E-state index contributed by atoms with van der Waals surface area (Å²) >= 11 is 1.56. The van der Waals surface area contributed by atoms with Gasteiger partial charge in [-0.3, -0.25) is 0 Å². The van der Waals surface area contributed by atoms with Crippen molar-refractivity contribution in [3.63, 3.8) is 0 Å². The molecule has 9 heteroatoms. The maximum absolute atomic E-state index is 5.54. The summed E-state index contributed by atoms with van der Waals surface area (Å²) in [6.07, 6.45) is 0. The lowest BCUT2D eigenvalue weighted by molar-refractivity contribution is 0.393. The molecule has 0 aliphatic carbocycles. The number of benzene rings is 2. The maximum Gasteiger partial charge on any atom is 0.212 e. The molecule has 1 aliphatic heterocycles. The van der Waals surface area contributed by atoms with E-state index in [1.165, 1.54) is 0 Å². The zero-order chi connectivity index (χ0) is 20.4. The predicted molar refractivity (Wildman–Crippen MR) is 111 cm³/mol. The van der Waals surface area contributed by atoms with Crippen LogP contribution in [0.2, 0.25) is 0 Å². The van der Waals surface area contributed by atoms with Crippen LogP contribution in [0.3, 0.4) is 0 Å².